The van der Waals surface area contributed by atoms with E-state index in [-0.39, 0.29) is 11.4 Å². The highest BCUT2D eigenvalue weighted by Gasteiger charge is 2.16. The first-order valence-electron chi connectivity index (χ1n) is 7.47. The number of benzene rings is 2. The highest BCUT2D eigenvalue weighted by molar-refractivity contribution is 7.89. The molecule has 1 N–H and O–H groups in total. The number of nitrogens with zero attached hydrogens (tertiary/aromatic N) is 4. The van der Waals surface area contributed by atoms with Crippen molar-refractivity contribution in [3.8, 4) is 5.69 Å². The summed E-state index contributed by atoms with van der Waals surface area (Å²) in [6, 6.07) is 10.3. The van der Waals surface area contributed by atoms with Crippen molar-refractivity contribution >= 4 is 10.0 Å². The van der Waals surface area contributed by atoms with Gasteiger partial charge in [-0.3, -0.25) is 0 Å². The molecule has 0 aliphatic rings. The number of halogens is 1. The van der Waals surface area contributed by atoms with E-state index < -0.39 is 15.8 Å². The lowest BCUT2D eigenvalue weighted by atomic mass is 10.1. The molecular weight excluding hydrogens is 345 g/mol. The van der Waals surface area contributed by atoms with Crippen molar-refractivity contribution in [3.63, 3.8) is 0 Å². The van der Waals surface area contributed by atoms with Crippen LogP contribution in [0.4, 0.5) is 4.39 Å². The summed E-state index contributed by atoms with van der Waals surface area (Å²) in [5.74, 6) is -0.161. The molecule has 0 saturated heterocycles. The maximum absolute atomic E-state index is 12.9. The molecule has 0 saturated carbocycles. The Morgan fingerprint density at radius 3 is 2.48 bits per heavy atom. The molecule has 2 aromatic carbocycles. The smallest absolute Gasteiger partial charge is 0.207 e. The fourth-order valence-electron chi connectivity index (χ4n) is 2.23. The molecule has 25 heavy (non-hydrogen) atoms. The zero-order valence-corrected chi connectivity index (χ0v) is 14.5. The largest absolute Gasteiger partial charge is 0.240 e. The minimum Gasteiger partial charge on any atom is -0.207 e. The van der Waals surface area contributed by atoms with E-state index in [0.29, 0.717) is 5.82 Å². The van der Waals surface area contributed by atoms with E-state index in [0.717, 1.165) is 28.9 Å². The lowest BCUT2D eigenvalue weighted by Crippen LogP contribution is -2.25. The van der Waals surface area contributed by atoms with Gasteiger partial charge in [-0.05, 0) is 71.8 Å². The van der Waals surface area contributed by atoms with Gasteiger partial charge in [-0.2, -0.15) is 4.68 Å². The molecule has 0 amide bonds. The number of hydrogen-bond acceptors (Lipinski definition) is 5. The number of nitrogens with one attached hydrogen (secondary N) is 1. The van der Waals surface area contributed by atoms with Gasteiger partial charge in [-0.15, -0.1) is 5.10 Å². The molecular formula is C16H16FN5O2S. The number of aromatic nitrogens is 4. The molecule has 0 fully saturated rings. The summed E-state index contributed by atoms with van der Waals surface area (Å²) in [6.45, 7) is 3.87. The Hall–Kier alpha value is -2.65. The average molecular weight is 361 g/mol. The number of aryl methyl sites for hydroxylation is 2. The number of hydrogen-bond donors (Lipinski definition) is 1. The molecule has 1 heterocycles. The maximum Gasteiger partial charge on any atom is 0.240 e. The van der Waals surface area contributed by atoms with E-state index in [1.807, 2.05) is 32.0 Å². The Morgan fingerprint density at radius 1 is 1.08 bits per heavy atom. The minimum atomic E-state index is -3.79. The van der Waals surface area contributed by atoms with Crippen molar-refractivity contribution in [2.24, 2.45) is 0 Å². The van der Waals surface area contributed by atoms with Crippen molar-refractivity contribution < 1.29 is 12.8 Å². The summed E-state index contributed by atoms with van der Waals surface area (Å²) in [6.07, 6.45) is 0. The normalized spacial score (nSPS) is 11.6. The number of rotatable bonds is 5. The Bertz CT molecular complexity index is 1000. The SMILES string of the molecule is Cc1ccc(-n2nnnc2CNS(=O)(=O)c2ccc(F)cc2)cc1C. The van der Waals surface area contributed by atoms with Crippen molar-refractivity contribution in [2.45, 2.75) is 25.3 Å². The second-order valence-corrected chi connectivity index (χ2v) is 7.32. The second-order valence-electron chi connectivity index (χ2n) is 5.55. The van der Waals surface area contributed by atoms with Crippen LogP contribution in [0.5, 0.6) is 0 Å². The van der Waals surface area contributed by atoms with Gasteiger partial charge in [0.05, 0.1) is 17.1 Å². The van der Waals surface area contributed by atoms with E-state index in [1.54, 1.807) is 0 Å². The summed E-state index contributed by atoms with van der Waals surface area (Å²) in [7, 11) is -3.79. The standard InChI is InChI=1S/C16H16FN5O2S/c1-11-3-6-14(9-12(11)2)22-16(19-20-21-22)10-18-25(23,24)15-7-4-13(17)5-8-15/h3-9,18H,10H2,1-2H3. The van der Waals surface area contributed by atoms with Crippen molar-refractivity contribution in [1.82, 2.24) is 24.9 Å². The van der Waals surface area contributed by atoms with Crippen molar-refractivity contribution in [1.29, 1.82) is 0 Å². The Morgan fingerprint density at radius 2 is 1.80 bits per heavy atom. The van der Waals surface area contributed by atoms with Crippen LogP contribution < -0.4 is 4.72 Å². The Balaban J connectivity index is 1.82. The predicted octanol–water partition coefficient (Wildman–Crippen LogP) is 1.90. The van der Waals surface area contributed by atoms with Gasteiger partial charge < -0.3 is 0 Å². The second kappa shape index (κ2) is 6.69. The maximum atomic E-state index is 12.9. The van der Waals surface area contributed by atoms with E-state index in [1.165, 1.54) is 16.8 Å². The Kier molecular flexibility index (Phi) is 4.60. The fraction of sp³-hybridized carbons (Fsp3) is 0.188. The van der Waals surface area contributed by atoms with Gasteiger partial charge >= 0.3 is 0 Å². The molecule has 3 aromatic rings. The summed E-state index contributed by atoms with van der Waals surface area (Å²) in [4.78, 5) is -0.0286. The molecule has 7 nitrogen and oxygen atoms in total. The summed E-state index contributed by atoms with van der Waals surface area (Å²) < 4.78 is 41.4. The lowest BCUT2D eigenvalue weighted by molar-refractivity contribution is 0.577. The topological polar surface area (TPSA) is 89.8 Å². The van der Waals surface area contributed by atoms with Gasteiger partial charge in [0.1, 0.15) is 5.82 Å². The minimum absolute atomic E-state index is 0.0286. The molecule has 0 aliphatic heterocycles. The Labute approximate surface area is 144 Å². The zero-order valence-electron chi connectivity index (χ0n) is 13.6. The zero-order chi connectivity index (χ0) is 18.0. The van der Waals surface area contributed by atoms with Crippen LogP contribution in [-0.2, 0) is 16.6 Å². The van der Waals surface area contributed by atoms with Crippen LogP contribution in [0.3, 0.4) is 0 Å². The van der Waals surface area contributed by atoms with E-state index >= 15 is 0 Å². The van der Waals surface area contributed by atoms with Crippen LogP contribution in [0.15, 0.2) is 47.4 Å². The first-order chi connectivity index (χ1) is 11.9. The number of tetrazole rings is 1. The third-order valence-electron chi connectivity index (χ3n) is 3.81. The molecule has 0 radical (unpaired) electrons. The lowest BCUT2D eigenvalue weighted by Gasteiger charge is -2.09. The molecule has 0 atom stereocenters. The summed E-state index contributed by atoms with van der Waals surface area (Å²) in [5, 5.41) is 11.4. The monoisotopic (exact) mass is 361 g/mol. The van der Waals surface area contributed by atoms with Crippen LogP contribution in [-0.4, -0.2) is 28.6 Å². The highest BCUT2D eigenvalue weighted by atomic mass is 32.2. The van der Waals surface area contributed by atoms with Gasteiger partial charge in [0, 0.05) is 0 Å². The van der Waals surface area contributed by atoms with Crippen molar-refractivity contribution in [3.05, 3.63) is 65.2 Å². The molecule has 0 unspecified atom stereocenters. The molecule has 1 aromatic heterocycles. The first kappa shape index (κ1) is 17.2. The molecule has 0 bridgehead atoms. The van der Waals surface area contributed by atoms with Crippen LogP contribution in [0, 0.1) is 19.7 Å². The van der Waals surface area contributed by atoms with E-state index in [2.05, 4.69) is 20.2 Å². The van der Waals surface area contributed by atoms with Crippen LogP contribution in [0.1, 0.15) is 17.0 Å². The van der Waals surface area contributed by atoms with E-state index in [4.69, 9.17) is 0 Å². The third-order valence-corrected chi connectivity index (χ3v) is 5.23. The third kappa shape index (κ3) is 3.72. The van der Waals surface area contributed by atoms with Crippen molar-refractivity contribution in [2.75, 3.05) is 0 Å². The molecule has 3 rings (SSSR count). The van der Waals surface area contributed by atoms with Gasteiger partial charge in [0.2, 0.25) is 10.0 Å². The number of sulfonamides is 1. The van der Waals surface area contributed by atoms with Gasteiger partial charge in [-0.1, -0.05) is 6.07 Å². The van der Waals surface area contributed by atoms with Gasteiger partial charge in [0.25, 0.3) is 0 Å². The molecule has 0 spiro atoms. The quantitative estimate of drug-likeness (QED) is 0.750. The summed E-state index contributed by atoms with van der Waals surface area (Å²) in [5.41, 5.74) is 2.95. The van der Waals surface area contributed by atoms with Gasteiger partial charge in [-0.25, -0.2) is 17.5 Å². The van der Waals surface area contributed by atoms with Crippen LogP contribution in [0.25, 0.3) is 5.69 Å². The average Bonchev–Trinajstić information content (AvgIpc) is 3.05. The highest BCUT2D eigenvalue weighted by Crippen LogP contribution is 2.15. The van der Waals surface area contributed by atoms with Crippen LogP contribution in [0.2, 0.25) is 0 Å². The molecule has 9 heteroatoms. The molecule has 0 aliphatic carbocycles. The predicted molar refractivity (Wildman–Crippen MR) is 89.1 cm³/mol. The van der Waals surface area contributed by atoms with Gasteiger partial charge in [0.15, 0.2) is 5.82 Å². The fourth-order valence-corrected chi connectivity index (χ4v) is 3.21. The van der Waals surface area contributed by atoms with Crippen LogP contribution >= 0.6 is 0 Å². The first-order valence-corrected chi connectivity index (χ1v) is 8.95. The summed E-state index contributed by atoms with van der Waals surface area (Å²) >= 11 is 0. The van der Waals surface area contributed by atoms with E-state index in [9.17, 15) is 12.8 Å². The molecule has 130 valence electrons.